The summed E-state index contributed by atoms with van der Waals surface area (Å²) in [7, 11) is 1.19. The van der Waals surface area contributed by atoms with Crippen LogP contribution in [-0.2, 0) is 11.3 Å². The highest BCUT2D eigenvalue weighted by molar-refractivity contribution is 5.90. The minimum Gasteiger partial charge on any atom is -0.465 e. The summed E-state index contributed by atoms with van der Waals surface area (Å²) >= 11 is 0. The van der Waals surface area contributed by atoms with Crippen LogP contribution in [0, 0.1) is 15.6 Å². The molecule has 1 N–H and O–H groups in total. The molecule has 0 fully saturated rings. The van der Waals surface area contributed by atoms with Crippen LogP contribution in [0.5, 0.6) is 0 Å². The first-order valence-corrected chi connectivity index (χ1v) is 4.49. The van der Waals surface area contributed by atoms with Crippen LogP contribution in [0.4, 0.5) is 5.69 Å². The Morgan fingerprint density at radius 3 is 2.88 bits per heavy atom. The van der Waals surface area contributed by atoms with E-state index in [1.54, 1.807) is 0 Å². The number of hydrogen-bond acceptors (Lipinski definition) is 6. The van der Waals surface area contributed by atoms with E-state index in [-0.39, 0.29) is 23.4 Å². The molecule has 0 heterocycles. The molecule has 1 aromatic rings. The van der Waals surface area contributed by atoms with Crippen LogP contribution in [0.2, 0.25) is 0 Å². The van der Waals surface area contributed by atoms with Crippen molar-refractivity contribution in [2.24, 2.45) is 5.11 Å². The summed E-state index contributed by atoms with van der Waals surface area (Å²) in [6.45, 7) is -0.0821. The number of methoxy groups -OCH3 is 1. The van der Waals surface area contributed by atoms with E-state index in [2.05, 4.69) is 14.8 Å². The van der Waals surface area contributed by atoms with Gasteiger partial charge in [0.2, 0.25) is 4.91 Å². The largest absolute Gasteiger partial charge is 0.465 e. The zero-order chi connectivity index (χ0) is 12.8. The summed E-state index contributed by atoms with van der Waals surface area (Å²) in [6.07, 6.45) is 0. The lowest BCUT2D eigenvalue weighted by atomic mass is 10.1. The molecule has 0 amide bonds. The van der Waals surface area contributed by atoms with Crippen molar-refractivity contribution in [3.63, 3.8) is 0 Å². The molecule has 0 unspecified atom stereocenters. The monoisotopic (exact) mass is 237 g/mol. The number of ether oxygens (including phenoxy) is 1. The molecule has 0 aliphatic rings. The number of carbonyl (C=O) groups is 1. The summed E-state index contributed by atoms with van der Waals surface area (Å²) in [6, 6.07) is 3.90. The van der Waals surface area contributed by atoms with Crippen LogP contribution in [0.25, 0.3) is 0 Å². The summed E-state index contributed by atoms with van der Waals surface area (Å²) in [5.74, 6) is -0.651. The van der Waals surface area contributed by atoms with Gasteiger partial charge >= 0.3 is 5.97 Å². The van der Waals surface area contributed by atoms with E-state index in [4.69, 9.17) is 5.53 Å². The molecule has 0 radical (unpaired) electrons. The summed E-state index contributed by atoms with van der Waals surface area (Å²) < 4.78 is 4.46. The fourth-order valence-corrected chi connectivity index (χ4v) is 1.22. The number of nitrogens with zero attached hydrogens (tertiary/aromatic N) is 3. The van der Waals surface area contributed by atoms with Crippen LogP contribution >= 0.6 is 0 Å². The van der Waals surface area contributed by atoms with Gasteiger partial charge in [0.25, 0.3) is 5.69 Å². The summed E-state index contributed by atoms with van der Waals surface area (Å²) in [5, 5.41) is 14.1. The molecule has 0 atom stereocenters. The Balaban J connectivity index is 3.21. The first kappa shape index (κ1) is 12.5. The van der Waals surface area contributed by atoms with Gasteiger partial charge in [-0.1, -0.05) is 0 Å². The number of nitro benzene ring substituents is 1. The standard InChI is InChI=1S/C9H9N4O4/c1-17-9(14)6-2-3-7(5-11-12-10)8(4-6)13(15)16/h2-4,10H,5H2,1H3/q+1. The summed E-state index contributed by atoms with van der Waals surface area (Å²) in [4.78, 5) is 24.1. The van der Waals surface area contributed by atoms with Crippen molar-refractivity contribution < 1.29 is 14.5 Å². The number of nitro groups is 1. The lowest BCUT2D eigenvalue weighted by Gasteiger charge is -2.01. The van der Waals surface area contributed by atoms with Gasteiger partial charge in [-0.05, 0) is 12.1 Å². The highest BCUT2D eigenvalue weighted by Crippen LogP contribution is 2.21. The number of hydrogen-bond donors (Lipinski definition) is 1. The normalized spacial score (nSPS) is 9.24. The predicted octanol–water partition coefficient (Wildman–Crippen LogP) is 1.43. The van der Waals surface area contributed by atoms with Crippen molar-refractivity contribution in [2.75, 3.05) is 7.11 Å². The van der Waals surface area contributed by atoms with Crippen LogP contribution in [0.15, 0.2) is 23.3 Å². The summed E-state index contributed by atoms with van der Waals surface area (Å²) in [5.41, 5.74) is 6.60. The molecule has 8 heteroatoms. The SMILES string of the molecule is COC(=O)c1ccc(CN=[N+]=N)c([N+](=O)[O-])c1. The first-order chi connectivity index (χ1) is 8.10. The van der Waals surface area contributed by atoms with Crippen LogP contribution in [-0.4, -0.2) is 18.0 Å². The molecular formula is C9H9N4O4+. The molecule has 0 saturated carbocycles. The predicted molar refractivity (Wildman–Crippen MR) is 55.4 cm³/mol. The maximum atomic E-state index is 11.2. The van der Waals surface area contributed by atoms with Crippen LogP contribution < -0.4 is 4.91 Å². The maximum Gasteiger partial charge on any atom is 0.338 e. The zero-order valence-electron chi connectivity index (χ0n) is 8.91. The Kier molecular flexibility index (Phi) is 4.02. The van der Waals surface area contributed by atoms with E-state index >= 15 is 0 Å². The van der Waals surface area contributed by atoms with Crippen molar-refractivity contribution >= 4 is 11.7 Å². The molecule has 1 rings (SSSR count). The Hall–Kier alpha value is -2.60. The average Bonchev–Trinajstić information content (AvgIpc) is 2.35. The Labute approximate surface area is 95.6 Å². The second-order valence-corrected chi connectivity index (χ2v) is 2.99. The Morgan fingerprint density at radius 2 is 2.35 bits per heavy atom. The van der Waals surface area contributed by atoms with Gasteiger partial charge in [0.1, 0.15) is 10.6 Å². The van der Waals surface area contributed by atoms with E-state index in [0.29, 0.717) is 0 Å². The Morgan fingerprint density at radius 1 is 1.65 bits per heavy atom. The van der Waals surface area contributed by atoms with Gasteiger partial charge in [-0.15, -0.1) is 0 Å². The molecule has 8 nitrogen and oxygen atoms in total. The van der Waals surface area contributed by atoms with Crippen molar-refractivity contribution in [1.82, 2.24) is 4.91 Å². The molecule has 0 bridgehead atoms. The van der Waals surface area contributed by atoms with Crippen molar-refractivity contribution in [3.8, 4) is 0 Å². The number of benzene rings is 1. The fraction of sp³-hybridized carbons (Fsp3) is 0.222. The van der Waals surface area contributed by atoms with Crippen LogP contribution in [0.3, 0.4) is 0 Å². The molecule has 1 aromatic carbocycles. The van der Waals surface area contributed by atoms with Gasteiger partial charge in [-0.2, -0.15) is 0 Å². The minimum atomic E-state index is -0.651. The maximum absolute atomic E-state index is 11.2. The van der Waals surface area contributed by atoms with Gasteiger partial charge in [0.15, 0.2) is 6.54 Å². The quantitative estimate of drug-likeness (QED) is 0.280. The average molecular weight is 237 g/mol. The highest BCUT2D eigenvalue weighted by Gasteiger charge is 2.18. The smallest absolute Gasteiger partial charge is 0.338 e. The van der Waals surface area contributed by atoms with E-state index in [1.807, 2.05) is 0 Å². The first-order valence-electron chi connectivity index (χ1n) is 4.49. The number of rotatable bonds is 4. The van der Waals surface area contributed by atoms with Gasteiger partial charge in [0.05, 0.1) is 23.2 Å². The highest BCUT2D eigenvalue weighted by atomic mass is 16.6. The van der Waals surface area contributed by atoms with Crippen molar-refractivity contribution in [2.45, 2.75) is 6.54 Å². The lowest BCUT2D eigenvalue weighted by molar-refractivity contribution is -0.385. The van der Waals surface area contributed by atoms with E-state index in [1.165, 1.54) is 19.2 Å². The molecule has 17 heavy (non-hydrogen) atoms. The van der Waals surface area contributed by atoms with Crippen molar-refractivity contribution in [3.05, 3.63) is 39.4 Å². The third-order valence-electron chi connectivity index (χ3n) is 2.01. The van der Waals surface area contributed by atoms with E-state index < -0.39 is 10.9 Å². The van der Waals surface area contributed by atoms with Gasteiger partial charge in [0, 0.05) is 6.07 Å². The van der Waals surface area contributed by atoms with Gasteiger partial charge < -0.3 is 4.74 Å². The zero-order valence-corrected chi connectivity index (χ0v) is 8.91. The minimum absolute atomic E-state index is 0.0821. The third kappa shape index (κ3) is 2.93. The lowest BCUT2D eigenvalue weighted by Crippen LogP contribution is -2.03. The molecular weight excluding hydrogens is 228 g/mol. The fourth-order valence-electron chi connectivity index (χ4n) is 1.22. The molecule has 0 spiro atoms. The van der Waals surface area contributed by atoms with Crippen LogP contribution in [0.1, 0.15) is 15.9 Å². The second-order valence-electron chi connectivity index (χ2n) is 2.99. The molecule has 0 aliphatic carbocycles. The number of esters is 1. The number of carbonyl (C=O) groups excluding carboxylic acids is 1. The Bertz CT molecular complexity index is 508. The van der Waals surface area contributed by atoms with Crippen molar-refractivity contribution in [1.29, 1.82) is 5.53 Å². The molecule has 0 saturated heterocycles. The second kappa shape index (κ2) is 5.47. The van der Waals surface area contributed by atoms with E-state index in [0.717, 1.165) is 6.07 Å². The molecule has 0 aromatic heterocycles. The third-order valence-corrected chi connectivity index (χ3v) is 2.01. The van der Waals surface area contributed by atoms with Gasteiger partial charge in [-0.3, -0.25) is 10.1 Å². The number of nitrogens with one attached hydrogen (secondary N) is 1. The van der Waals surface area contributed by atoms with E-state index in [9.17, 15) is 14.9 Å². The topological polar surface area (TPSA) is 120 Å². The molecule has 88 valence electrons. The molecule has 0 aliphatic heterocycles. The van der Waals surface area contributed by atoms with Gasteiger partial charge in [-0.25, -0.2) is 4.79 Å².